The van der Waals surface area contributed by atoms with Crippen LogP contribution in [0, 0.1) is 19.3 Å². The molecule has 15 heavy (non-hydrogen) atoms. The summed E-state index contributed by atoms with van der Waals surface area (Å²) in [6.07, 6.45) is 5.58. The smallest absolute Gasteiger partial charge is 0.119 e. The first-order valence-corrected chi connectivity index (χ1v) is 5.03. The molecule has 0 radical (unpaired) electrons. The Hall–Kier alpha value is -1.46. The molecule has 0 saturated heterocycles. The van der Waals surface area contributed by atoms with Crippen molar-refractivity contribution in [3.8, 4) is 18.1 Å². The van der Waals surface area contributed by atoms with Gasteiger partial charge in [-0.15, -0.1) is 12.3 Å². The molecule has 1 aromatic carbocycles. The van der Waals surface area contributed by atoms with Gasteiger partial charge in [0.25, 0.3) is 0 Å². The fourth-order valence-corrected chi connectivity index (χ4v) is 1.26. The van der Waals surface area contributed by atoms with Gasteiger partial charge in [-0.25, -0.2) is 0 Å². The van der Waals surface area contributed by atoms with Gasteiger partial charge in [0.05, 0.1) is 12.7 Å². The van der Waals surface area contributed by atoms with Crippen LogP contribution in [0.1, 0.15) is 18.4 Å². The number of ether oxygens (including phenoxy) is 1. The Bertz CT molecular complexity index is 339. The van der Waals surface area contributed by atoms with Gasteiger partial charge in [0.1, 0.15) is 5.75 Å². The number of aliphatic hydroxyl groups excluding tert-OH is 1. The zero-order valence-electron chi connectivity index (χ0n) is 8.94. The largest absolute Gasteiger partial charge is 0.493 e. The first-order valence-electron chi connectivity index (χ1n) is 5.03. The van der Waals surface area contributed by atoms with E-state index in [1.807, 2.05) is 31.2 Å². The molecular weight excluding hydrogens is 188 g/mol. The van der Waals surface area contributed by atoms with E-state index in [1.54, 1.807) is 0 Å². The van der Waals surface area contributed by atoms with Crippen LogP contribution in [0.4, 0.5) is 0 Å². The predicted octanol–water partition coefficient (Wildman–Crippen LogP) is 2.15. The highest BCUT2D eigenvalue weighted by molar-refractivity contribution is 5.27. The molecule has 0 bridgehead atoms. The lowest BCUT2D eigenvalue weighted by molar-refractivity contribution is 0.143. The second-order valence-corrected chi connectivity index (χ2v) is 3.52. The van der Waals surface area contributed by atoms with Crippen LogP contribution in [0.2, 0.25) is 0 Å². The minimum absolute atomic E-state index is 0.386. The van der Waals surface area contributed by atoms with E-state index in [0.29, 0.717) is 19.4 Å². The third kappa shape index (κ3) is 4.53. The quantitative estimate of drug-likeness (QED) is 0.745. The van der Waals surface area contributed by atoms with E-state index in [9.17, 15) is 5.11 Å². The zero-order valence-corrected chi connectivity index (χ0v) is 8.94. The Morgan fingerprint density at radius 1 is 1.53 bits per heavy atom. The monoisotopic (exact) mass is 204 g/mol. The van der Waals surface area contributed by atoms with Gasteiger partial charge in [-0.1, -0.05) is 12.1 Å². The molecular formula is C13H16O2. The van der Waals surface area contributed by atoms with Crippen molar-refractivity contribution in [3.05, 3.63) is 29.8 Å². The van der Waals surface area contributed by atoms with Gasteiger partial charge in [-0.05, 0) is 24.6 Å². The Balaban J connectivity index is 2.29. The Morgan fingerprint density at radius 2 is 2.33 bits per heavy atom. The van der Waals surface area contributed by atoms with E-state index in [1.165, 1.54) is 0 Å². The molecule has 0 fully saturated rings. The molecule has 0 aromatic heterocycles. The van der Waals surface area contributed by atoms with E-state index < -0.39 is 6.10 Å². The molecule has 0 spiro atoms. The lowest BCUT2D eigenvalue weighted by atomic mass is 10.2. The van der Waals surface area contributed by atoms with Crippen molar-refractivity contribution < 1.29 is 9.84 Å². The second-order valence-electron chi connectivity index (χ2n) is 3.52. The summed E-state index contributed by atoms with van der Waals surface area (Å²) in [5.41, 5.74) is 1.16. The standard InChI is InChI=1S/C13H16O2/c1-3-5-12(14)8-9-15-13-7-4-6-11(2)10-13/h1,4,6-7,10,12,14H,5,8-9H2,2H3. The van der Waals surface area contributed by atoms with Crippen LogP contribution in [-0.4, -0.2) is 17.8 Å². The first kappa shape index (κ1) is 11.6. The van der Waals surface area contributed by atoms with Crippen molar-refractivity contribution >= 4 is 0 Å². The van der Waals surface area contributed by atoms with Crippen LogP contribution in [0.5, 0.6) is 5.75 Å². The first-order chi connectivity index (χ1) is 7.22. The minimum Gasteiger partial charge on any atom is -0.493 e. The molecule has 2 nitrogen and oxygen atoms in total. The SMILES string of the molecule is C#CCC(O)CCOc1cccc(C)c1. The number of aliphatic hydroxyl groups is 1. The summed E-state index contributed by atoms with van der Waals surface area (Å²) in [6.45, 7) is 2.51. The predicted molar refractivity (Wildman–Crippen MR) is 60.7 cm³/mol. The van der Waals surface area contributed by atoms with Crippen molar-refractivity contribution in [2.75, 3.05) is 6.61 Å². The number of benzene rings is 1. The fourth-order valence-electron chi connectivity index (χ4n) is 1.26. The van der Waals surface area contributed by atoms with Gasteiger partial charge in [0, 0.05) is 12.8 Å². The molecule has 1 unspecified atom stereocenters. The number of aryl methyl sites for hydroxylation is 1. The van der Waals surface area contributed by atoms with Crippen LogP contribution < -0.4 is 4.74 Å². The molecule has 1 N–H and O–H groups in total. The molecule has 2 heteroatoms. The number of rotatable bonds is 5. The summed E-state index contributed by atoms with van der Waals surface area (Å²) < 4.78 is 5.48. The normalized spacial score (nSPS) is 11.8. The van der Waals surface area contributed by atoms with Crippen molar-refractivity contribution in [1.82, 2.24) is 0 Å². The van der Waals surface area contributed by atoms with Crippen LogP contribution in [0.3, 0.4) is 0 Å². The molecule has 0 amide bonds. The number of hydrogen-bond acceptors (Lipinski definition) is 2. The highest BCUT2D eigenvalue weighted by atomic mass is 16.5. The second kappa shape index (κ2) is 6.10. The van der Waals surface area contributed by atoms with Crippen LogP contribution in [-0.2, 0) is 0 Å². The zero-order chi connectivity index (χ0) is 11.1. The highest BCUT2D eigenvalue weighted by Crippen LogP contribution is 2.12. The van der Waals surface area contributed by atoms with E-state index in [-0.39, 0.29) is 0 Å². The molecule has 0 heterocycles. The number of hydrogen-bond donors (Lipinski definition) is 1. The fraction of sp³-hybridized carbons (Fsp3) is 0.385. The lowest BCUT2D eigenvalue weighted by Gasteiger charge is -2.09. The summed E-state index contributed by atoms with van der Waals surface area (Å²) in [6, 6.07) is 7.83. The van der Waals surface area contributed by atoms with Gasteiger partial charge in [-0.2, -0.15) is 0 Å². The van der Waals surface area contributed by atoms with Gasteiger partial charge in [-0.3, -0.25) is 0 Å². The summed E-state index contributed by atoms with van der Waals surface area (Å²) >= 11 is 0. The summed E-state index contributed by atoms with van der Waals surface area (Å²) in [7, 11) is 0. The van der Waals surface area contributed by atoms with Gasteiger partial charge in [0.2, 0.25) is 0 Å². The topological polar surface area (TPSA) is 29.5 Å². The van der Waals surface area contributed by atoms with E-state index in [2.05, 4.69) is 5.92 Å². The maximum Gasteiger partial charge on any atom is 0.119 e. The molecule has 1 rings (SSSR count). The summed E-state index contributed by atoms with van der Waals surface area (Å²) in [5.74, 6) is 3.26. The summed E-state index contributed by atoms with van der Waals surface area (Å²) in [4.78, 5) is 0. The average Bonchev–Trinajstić information content (AvgIpc) is 2.18. The van der Waals surface area contributed by atoms with Crippen molar-refractivity contribution in [2.45, 2.75) is 25.9 Å². The maximum absolute atomic E-state index is 9.36. The van der Waals surface area contributed by atoms with Crippen molar-refractivity contribution in [2.24, 2.45) is 0 Å². The summed E-state index contributed by atoms with van der Waals surface area (Å²) in [5, 5.41) is 9.36. The Labute approximate surface area is 90.9 Å². The molecule has 1 aromatic rings. The van der Waals surface area contributed by atoms with E-state index in [4.69, 9.17) is 11.2 Å². The van der Waals surface area contributed by atoms with Gasteiger partial charge >= 0.3 is 0 Å². The maximum atomic E-state index is 9.36. The minimum atomic E-state index is -0.459. The van der Waals surface area contributed by atoms with Crippen LogP contribution in [0.25, 0.3) is 0 Å². The molecule has 0 aliphatic carbocycles. The molecule has 1 atom stereocenters. The number of terminal acetylenes is 1. The third-order valence-electron chi connectivity index (χ3n) is 2.06. The molecule has 80 valence electrons. The molecule has 0 saturated carbocycles. The van der Waals surface area contributed by atoms with E-state index >= 15 is 0 Å². The van der Waals surface area contributed by atoms with Crippen molar-refractivity contribution in [3.63, 3.8) is 0 Å². The van der Waals surface area contributed by atoms with Crippen LogP contribution >= 0.6 is 0 Å². The lowest BCUT2D eigenvalue weighted by Crippen LogP contribution is -2.11. The van der Waals surface area contributed by atoms with Gasteiger partial charge < -0.3 is 9.84 Å². The Kier molecular flexibility index (Phi) is 4.73. The molecule has 0 aliphatic rings. The molecule has 0 aliphatic heterocycles. The van der Waals surface area contributed by atoms with E-state index in [0.717, 1.165) is 11.3 Å². The van der Waals surface area contributed by atoms with Gasteiger partial charge in [0.15, 0.2) is 0 Å². The van der Waals surface area contributed by atoms with Crippen molar-refractivity contribution in [1.29, 1.82) is 0 Å². The average molecular weight is 204 g/mol. The highest BCUT2D eigenvalue weighted by Gasteiger charge is 2.02. The third-order valence-corrected chi connectivity index (χ3v) is 2.06. The van der Waals surface area contributed by atoms with Crippen LogP contribution in [0.15, 0.2) is 24.3 Å². The Morgan fingerprint density at radius 3 is 3.00 bits per heavy atom.